The van der Waals surface area contributed by atoms with E-state index in [1.54, 1.807) is 31.3 Å². The Labute approximate surface area is 243 Å². The maximum absolute atomic E-state index is 12.4. The van der Waals surface area contributed by atoms with Crippen molar-refractivity contribution in [1.82, 2.24) is 16.1 Å². The highest BCUT2D eigenvalue weighted by Gasteiger charge is 2.32. The van der Waals surface area contributed by atoms with E-state index in [-0.39, 0.29) is 12.2 Å². The summed E-state index contributed by atoms with van der Waals surface area (Å²) in [5, 5.41) is 19.7. The largest absolute Gasteiger partial charge is 0.492 e. The van der Waals surface area contributed by atoms with Crippen molar-refractivity contribution >= 4 is 50.1 Å². The number of methoxy groups -OCH3 is 1. The van der Waals surface area contributed by atoms with Crippen molar-refractivity contribution in [2.45, 2.75) is 33.0 Å². The van der Waals surface area contributed by atoms with E-state index in [1.165, 1.54) is 7.11 Å². The van der Waals surface area contributed by atoms with Crippen molar-refractivity contribution in [2.24, 2.45) is 5.10 Å². The second kappa shape index (κ2) is 14.2. The fourth-order valence-corrected chi connectivity index (χ4v) is 5.21. The molecule has 0 fully saturated rings. The molecule has 39 heavy (non-hydrogen) atoms. The number of allylic oxidation sites excluding steroid dienone is 1. The summed E-state index contributed by atoms with van der Waals surface area (Å²) < 4.78 is 23.5. The Morgan fingerprint density at radius 2 is 1.82 bits per heavy atom. The first-order valence-electron chi connectivity index (χ1n) is 12.0. The van der Waals surface area contributed by atoms with Gasteiger partial charge in [-0.3, -0.25) is 5.43 Å². The van der Waals surface area contributed by atoms with E-state index in [0.717, 1.165) is 14.5 Å². The van der Waals surface area contributed by atoms with Gasteiger partial charge in [0, 0.05) is 5.70 Å². The molecule has 210 valence electrons. The van der Waals surface area contributed by atoms with Crippen molar-refractivity contribution in [3.8, 4) is 17.2 Å². The molecule has 2 aromatic rings. The van der Waals surface area contributed by atoms with Gasteiger partial charge in [-0.25, -0.2) is 9.59 Å². The maximum atomic E-state index is 12.4. The van der Waals surface area contributed by atoms with Gasteiger partial charge in [-0.15, -0.1) is 0 Å². The minimum atomic E-state index is -1.12. The van der Waals surface area contributed by atoms with E-state index in [2.05, 4.69) is 53.0 Å². The Bertz CT molecular complexity index is 1250. The average Bonchev–Trinajstić information content (AvgIpc) is 2.89. The van der Waals surface area contributed by atoms with Gasteiger partial charge in [0.25, 0.3) is 0 Å². The molecular weight excluding hydrogens is 640 g/mol. The second-order valence-corrected chi connectivity index (χ2v) is 9.87. The lowest BCUT2D eigenvalue weighted by atomic mass is 9.95. The zero-order chi connectivity index (χ0) is 28.5. The number of hydrogen-bond donors (Lipinski definition) is 4. The molecule has 0 spiro atoms. The summed E-state index contributed by atoms with van der Waals surface area (Å²) in [7, 11) is 1.28. The van der Waals surface area contributed by atoms with Gasteiger partial charge < -0.3 is 34.7 Å². The van der Waals surface area contributed by atoms with Crippen LogP contribution in [-0.4, -0.2) is 56.5 Å². The Balaban J connectivity index is 1.69. The van der Waals surface area contributed by atoms with E-state index in [0.29, 0.717) is 41.7 Å². The van der Waals surface area contributed by atoms with E-state index >= 15 is 0 Å². The molecule has 1 heterocycles. The van der Waals surface area contributed by atoms with Crippen LogP contribution in [-0.2, 0) is 9.53 Å². The molecule has 11 nitrogen and oxygen atoms in total. The third kappa shape index (κ3) is 7.87. The summed E-state index contributed by atoms with van der Waals surface area (Å²) in [4.78, 5) is 24.5. The summed E-state index contributed by atoms with van der Waals surface area (Å²) in [6.07, 6.45) is 0.432. The van der Waals surface area contributed by atoms with Gasteiger partial charge in [0.05, 0.1) is 47.1 Å². The SMILES string of the molecule is CCOc1cc([C@@H]2NC(=O)NC(C)=C2C(=O)OC)ccc1OC[C@H](O)N/N=C\c1cc(Br)c(OCC)c(Br)c1. The predicted molar refractivity (Wildman–Crippen MR) is 152 cm³/mol. The lowest BCUT2D eigenvalue weighted by molar-refractivity contribution is -0.136. The number of esters is 1. The number of nitrogens with one attached hydrogen (secondary N) is 3. The number of aliphatic hydroxyl groups is 1. The minimum Gasteiger partial charge on any atom is -0.492 e. The van der Waals surface area contributed by atoms with Crippen LogP contribution in [0.1, 0.15) is 37.9 Å². The quantitative estimate of drug-likeness (QED) is 0.115. The summed E-state index contributed by atoms with van der Waals surface area (Å²) in [5.74, 6) is 0.875. The topological polar surface area (TPSA) is 140 Å². The van der Waals surface area contributed by atoms with E-state index in [9.17, 15) is 14.7 Å². The zero-order valence-electron chi connectivity index (χ0n) is 21.8. The van der Waals surface area contributed by atoms with Gasteiger partial charge in [0.1, 0.15) is 12.4 Å². The molecule has 3 rings (SSSR count). The average molecular weight is 670 g/mol. The van der Waals surface area contributed by atoms with Crippen molar-refractivity contribution < 1.29 is 33.6 Å². The van der Waals surface area contributed by atoms with Crippen LogP contribution in [0.5, 0.6) is 17.2 Å². The third-order valence-corrected chi connectivity index (χ3v) is 6.60. The molecule has 1 aliphatic rings. The molecule has 0 aromatic heterocycles. The number of urea groups is 1. The number of halogens is 2. The summed E-state index contributed by atoms with van der Waals surface area (Å²) in [5.41, 5.74) is 4.65. The number of hydrazone groups is 1. The van der Waals surface area contributed by atoms with Crippen molar-refractivity contribution in [3.63, 3.8) is 0 Å². The lowest BCUT2D eigenvalue weighted by Crippen LogP contribution is -2.45. The molecule has 0 radical (unpaired) electrons. The first-order chi connectivity index (χ1) is 18.7. The monoisotopic (exact) mass is 668 g/mol. The lowest BCUT2D eigenvalue weighted by Gasteiger charge is -2.28. The van der Waals surface area contributed by atoms with Crippen LogP contribution >= 0.6 is 31.9 Å². The highest BCUT2D eigenvalue weighted by molar-refractivity contribution is 9.11. The molecule has 2 atom stereocenters. The Hall–Kier alpha value is -3.29. The van der Waals surface area contributed by atoms with Gasteiger partial charge in [-0.05, 0) is 88.0 Å². The molecule has 0 unspecified atom stereocenters. The second-order valence-electron chi connectivity index (χ2n) is 8.16. The number of nitrogens with zero attached hydrogens (tertiary/aromatic N) is 1. The highest BCUT2D eigenvalue weighted by Crippen LogP contribution is 2.35. The van der Waals surface area contributed by atoms with Crippen LogP contribution in [0.25, 0.3) is 0 Å². The molecule has 13 heteroatoms. The van der Waals surface area contributed by atoms with E-state index < -0.39 is 24.3 Å². The molecule has 0 aliphatic carbocycles. The fourth-order valence-electron chi connectivity index (χ4n) is 3.76. The van der Waals surface area contributed by atoms with Crippen LogP contribution in [0, 0.1) is 0 Å². The van der Waals surface area contributed by atoms with E-state index in [1.807, 2.05) is 26.0 Å². The zero-order valence-corrected chi connectivity index (χ0v) is 25.0. The smallest absolute Gasteiger partial charge is 0.337 e. The minimum absolute atomic E-state index is 0.135. The van der Waals surface area contributed by atoms with Crippen LogP contribution in [0.2, 0.25) is 0 Å². The van der Waals surface area contributed by atoms with Gasteiger partial charge in [0.15, 0.2) is 17.7 Å². The normalized spacial score (nSPS) is 15.9. The highest BCUT2D eigenvalue weighted by atomic mass is 79.9. The first kappa shape index (κ1) is 30.3. The molecule has 0 saturated carbocycles. The molecule has 4 N–H and O–H groups in total. The van der Waals surface area contributed by atoms with Gasteiger partial charge in [-0.1, -0.05) is 6.07 Å². The number of carbonyl (C=O) groups excluding carboxylic acids is 2. The molecule has 1 aliphatic heterocycles. The van der Waals surface area contributed by atoms with E-state index in [4.69, 9.17) is 18.9 Å². The molecular formula is C26H30Br2N4O7. The Morgan fingerprint density at radius 1 is 1.13 bits per heavy atom. The standard InChI is InChI=1S/C26H30Br2N4O7/c1-5-37-20-11-16(23-22(25(34)36-4)14(3)30-26(35)31-23)7-8-19(20)39-13-21(33)32-29-12-15-9-17(27)24(38-6-2)18(28)10-15/h7-12,21,23,32-33H,5-6,13H2,1-4H3,(H2,30,31,35)/b29-12-/t21-,23-/m0/s1. The van der Waals surface area contributed by atoms with Crippen LogP contribution in [0.4, 0.5) is 4.79 Å². The number of amides is 2. The molecule has 2 aromatic carbocycles. The molecule has 0 saturated heterocycles. The number of rotatable bonds is 12. The van der Waals surface area contributed by atoms with Crippen molar-refractivity contribution in [1.29, 1.82) is 0 Å². The Morgan fingerprint density at radius 3 is 2.46 bits per heavy atom. The number of carbonyl (C=O) groups is 2. The molecule has 0 bridgehead atoms. The predicted octanol–water partition coefficient (Wildman–Crippen LogP) is 4.13. The van der Waals surface area contributed by atoms with Crippen LogP contribution < -0.4 is 30.3 Å². The number of hydrogen-bond acceptors (Lipinski definition) is 9. The fraction of sp³-hybridized carbons (Fsp3) is 0.346. The first-order valence-corrected chi connectivity index (χ1v) is 13.6. The number of aliphatic hydroxyl groups excluding tert-OH is 1. The maximum Gasteiger partial charge on any atom is 0.337 e. The molecule has 2 amide bonds. The number of ether oxygens (including phenoxy) is 4. The van der Waals surface area contributed by atoms with Gasteiger partial charge in [-0.2, -0.15) is 5.10 Å². The van der Waals surface area contributed by atoms with Gasteiger partial charge >= 0.3 is 12.0 Å². The summed E-state index contributed by atoms with van der Waals surface area (Å²) >= 11 is 6.95. The van der Waals surface area contributed by atoms with Gasteiger partial charge in [0.2, 0.25) is 0 Å². The van der Waals surface area contributed by atoms with Crippen LogP contribution in [0.15, 0.2) is 55.6 Å². The number of benzene rings is 2. The summed E-state index contributed by atoms with van der Waals surface area (Å²) in [6, 6.07) is 7.50. The summed E-state index contributed by atoms with van der Waals surface area (Å²) in [6.45, 7) is 6.09. The Kier molecular flexibility index (Phi) is 11.0. The third-order valence-electron chi connectivity index (χ3n) is 5.42. The van der Waals surface area contributed by atoms with Crippen molar-refractivity contribution in [3.05, 3.63) is 61.7 Å². The van der Waals surface area contributed by atoms with Crippen molar-refractivity contribution in [2.75, 3.05) is 26.9 Å². The van der Waals surface area contributed by atoms with Crippen LogP contribution in [0.3, 0.4) is 0 Å².